The lowest BCUT2D eigenvalue weighted by molar-refractivity contribution is -0.384. The smallest absolute Gasteiger partial charge is 0.309 e. The minimum absolute atomic E-state index is 0.0595. The molecule has 0 amide bonds. The number of aliphatic carboxylic acids is 1. The molecule has 7 nitrogen and oxygen atoms in total. The molecule has 0 unspecified atom stereocenters. The van der Waals surface area contributed by atoms with E-state index in [9.17, 15) is 14.9 Å². The Morgan fingerprint density at radius 3 is 2.28 bits per heavy atom. The van der Waals surface area contributed by atoms with Crippen LogP contribution in [0.2, 0.25) is 0 Å². The van der Waals surface area contributed by atoms with Gasteiger partial charge >= 0.3 is 5.97 Å². The highest BCUT2D eigenvalue weighted by atomic mass is 16.6. The molecule has 1 saturated heterocycles. The van der Waals surface area contributed by atoms with E-state index in [1.165, 1.54) is 12.1 Å². The molecule has 0 aromatic heterocycles. The zero-order valence-corrected chi connectivity index (χ0v) is 13.5. The van der Waals surface area contributed by atoms with Crippen LogP contribution in [0.4, 0.5) is 5.69 Å². The summed E-state index contributed by atoms with van der Waals surface area (Å²) in [5.41, 5.74) is 2.02. The van der Waals surface area contributed by atoms with E-state index in [1.807, 2.05) is 24.3 Å². The first-order valence-corrected chi connectivity index (χ1v) is 7.91. The van der Waals surface area contributed by atoms with Gasteiger partial charge in [0.25, 0.3) is 5.69 Å². The van der Waals surface area contributed by atoms with Gasteiger partial charge in [-0.05, 0) is 35.4 Å². The second kappa shape index (κ2) is 7.31. The number of ether oxygens (including phenoxy) is 1. The second-order valence-electron chi connectivity index (χ2n) is 6.09. The summed E-state index contributed by atoms with van der Waals surface area (Å²) in [5, 5.41) is 19.5. The number of nitro groups is 1. The van der Waals surface area contributed by atoms with Gasteiger partial charge in [-0.25, -0.2) is 0 Å². The average molecular weight is 342 g/mol. The van der Waals surface area contributed by atoms with Crippen LogP contribution in [0.3, 0.4) is 0 Å². The molecule has 0 bridgehead atoms. The monoisotopic (exact) mass is 342 g/mol. The van der Waals surface area contributed by atoms with Crippen LogP contribution < -0.4 is 4.74 Å². The number of benzene rings is 2. The number of hydrogen-bond acceptors (Lipinski definition) is 5. The van der Waals surface area contributed by atoms with Crippen molar-refractivity contribution in [1.29, 1.82) is 0 Å². The lowest BCUT2D eigenvalue weighted by Crippen LogP contribution is -2.49. The van der Waals surface area contributed by atoms with Gasteiger partial charge in [-0.2, -0.15) is 0 Å². The van der Waals surface area contributed by atoms with Crippen LogP contribution in [-0.2, 0) is 17.9 Å². The molecule has 2 aromatic carbocycles. The minimum atomic E-state index is -0.730. The molecular formula is C18H18N2O5. The van der Waals surface area contributed by atoms with Crippen molar-refractivity contribution in [3.8, 4) is 5.75 Å². The molecule has 25 heavy (non-hydrogen) atoms. The highest BCUT2D eigenvalue weighted by Gasteiger charge is 2.32. The van der Waals surface area contributed by atoms with Crippen molar-refractivity contribution in [3.63, 3.8) is 0 Å². The van der Waals surface area contributed by atoms with Crippen LogP contribution in [0.25, 0.3) is 0 Å². The lowest BCUT2D eigenvalue weighted by atomic mass is 10.00. The van der Waals surface area contributed by atoms with Gasteiger partial charge in [0, 0.05) is 31.8 Å². The molecule has 130 valence electrons. The summed E-state index contributed by atoms with van der Waals surface area (Å²) in [6.45, 7) is 2.25. The third kappa shape index (κ3) is 4.33. The van der Waals surface area contributed by atoms with E-state index in [-0.39, 0.29) is 11.6 Å². The summed E-state index contributed by atoms with van der Waals surface area (Å²) in [7, 11) is 0. The van der Waals surface area contributed by atoms with E-state index >= 15 is 0 Å². The molecule has 0 aliphatic carbocycles. The van der Waals surface area contributed by atoms with Crippen molar-refractivity contribution in [1.82, 2.24) is 4.90 Å². The summed E-state index contributed by atoms with van der Waals surface area (Å²) < 4.78 is 5.68. The molecule has 1 fully saturated rings. The predicted molar refractivity (Wildman–Crippen MR) is 90.3 cm³/mol. The number of nitrogens with zero attached hydrogens (tertiary/aromatic N) is 2. The van der Waals surface area contributed by atoms with Crippen LogP contribution in [0.5, 0.6) is 5.75 Å². The second-order valence-corrected chi connectivity index (χ2v) is 6.09. The van der Waals surface area contributed by atoms with Gasteiger partial charge in [-0.1, -0.05) is 12.1 Å². The van der Waals surface area contributed by atoms with E-state index in [4.69, 9.17) is 9.84 Å². The Morgan fingerprint density at radius 1 is 1.12 bits per heavy atom. The zero-order chi connectivity index (χ0) is 17.8. The molecule has 1 aliphatic heterocycles. The van der Waals surface area contributed by atoms with Crippen LogP contribution in [0.1, 0.15) is 11.1 Å². The molecule has 7 heteroatoms. The quantitative estimate of drug-likeness (QED) is 0.614. The maximum Gasteiger partial charge on any atom is 0.309 e. The maximum absolute atomic E-state index is 10.8. The number of nitro benzene ring substituents is 1. The Kier molecular flexibility index (Phi) is 4.95. The molecule has 1 heterocycles. The van der Waals surface area contributed by atoms with Gasteiger partial charge in [0.05, 0.1) is 10.8 Å². The summed E-state index contributed by atoms with van der Waals surface area (Å²) in [6.07, 6.45) is 0. The number of rotatable bonds is 7. The van der Waals surface area contributed by atoms with Gasteiger partial charge in [0.15, 0.2) is 0 Å². The number of carboxylic acids is 1. The highest BCUT2D eigenvalue weighted by Crippen LogP contribution is 2.21. The third-order valence-corrected chi connectivity index (χ3v) is 4.19. The normalized spacial score (nSPS) is 14.7. The lowest BCUT2D eigenvalue weighted by Gasteiger charge is -2.36. The fourth-order valence-corrected chi connectivity index (χ4v) is 2.68. The number of non-ortho nitro benzene ring substituents is 1. The Bertz CT molecular complexity index is 752. The van der Waals surface area contributed by atoms with Gasteiger partial charge < -0.3 is 9.84 Å². The summed E-state index contributed by atoms with van der Waals surface area (Å²) in [5.74, 6) is -0.260. The van der Waals surface area contributed by atoms with Gasteiger partial charge in [-0.3, -0.25) is 19.8 Å². The minimum Gasteiger partial charge on any atom is -0.489 e. The third-order valence-electron chi connectivity index (χ3n) is 4.19. The van der Waals surface area contributed by atoms with Crippen molar-refractivity contribution < 1.29 is 19.6 Å². The van der Waals surface area contributed by atoms with Gasteiger partial charge in [0.1, 0.15) is 12.4 Å². The van der Waals surface area contributed by atoms with Crippen molar-refractivity contribution in [3.05, 3.63) is 69.8 Å². The van der Waals surface area contributed by atoms with Crippen LogP contribution in [0.15, 0.2) is 48.5 Å². The summed E-state index contributed by atoms with van der Waals surface area (Å²) in [4.78, 5) is 23.1. The molecule has 1 N–H and O–H groups in total. The Hall–Kier alpha value is -2.93. The fraction of sp³-hybridized carbons (Fsp3) is 0.278. The van der Waals surface area contributed by atoms with Gasteiger partial charge in [-0.15, -0.1) is 0 Å². The molecule has 0 atom stereocenters. The molecule has 2 aromatic rings. The Morgan fingerprint density at radius 2 is 1.72 bits per heavy atom. The first kappa shape index (κ1) is 16.9. The topological polar surface area (TPSA) is 92.9 Å². The van der Waals surface area contributed by atoms with E-state index < -0.39 is 10.9 Å². The van der Waals surface area contributed by atoms with Crippen LogP contribution in [-0.4, -0.2) is 34.0 Å². The van der Waals surface area contributed by atoms with Crippen LogP contribution >= 0.6 is 0 Å². The van der Waals surface area contributed by atoms with Gasteiger partial charge in [0.2, 0.25) is 0 Å². The summed E-state index contributed by atoms with van der Waals surface area (Å²) in [6, 6.07) is 13.9. The standard InChI is InChI=1S/C18H18N2O5/c21-18(22)15-10-19(11-15)9-13-3-7-17(8-4-13)25-12-14-1-5-16(6-2-14)20(23)24/h1-8,15H,9-12H2,(H,21,22). The molecule has 1 aliphatic rings. The number of hydrogen-bond donors (Lipinski definition) is 1. The maximum atomic E-state index is 10.8. The number of carboxylic acid groups (broad SMARTS) is 1. The molecular weight excluding hydrogens is 324 g/mol. The van der Waals surface area contributed by atoms with Crippen molar-refractivity contribution in [2.45, 2.75) is 13.2 Å². The SMILES string of the molecule is O=C(O)C1CN(Cc2ccc(OCc3ccc([N+](=O)[O-])cc3)cc2)C1. The molecule has 0 spiro atoms. The summed E-state index contributed by atoms with van der Waals surface area (Å²) >= 11 is 0. The largest absolute Gasteiger partial charge is 0.489 e. The van der Waals surface area contributed by atoms with E-state index in [2.05, 4.69) is 4.90 Å². The van der Waals surface area contributed by atoms with Crippen molar-refractivity contribution >= 4 is 11.7 Å². The molecule has 0 radical (unpaired) electrons. The van der Waals surface area contributed by atoms with Crippen molar-refractivity contribution in [2.24, 2.45) is 5.92 Å². The fourth-order valence-electron chi connectivity index (χ4n) is 2.68. The zero-order valence-electron chi connectivity index (χ0n) is 13.5. The van der Waals surface area contributed by atoms with Crippen LogP contribution in [0, 0.1) is 16.0 Å². The average Bonchev–Trinajstić information content (AvgIpc) is 2.57. The number of likely N-dealkylation sites (tertiary alicyclic amines) is 1. The first-order valence-electron chi connectivity index (χ1n) is 7.91. The Labute approximate surface area is 144 Å². The predicted octanol–water partition coefficient (Wildman–Crippen LogP) is 2.69. The first-order chi connectivity index (χ1) is 12.0. The van der Waals surface area contributed by atoms with E-state index in [0.717, 1.165) is 17.7 Å². The van der Waals surface area contributed by atoms with Crippen molar-refractivity contribution in [2.75, 3.05) is 13.1 Å². The number of carbonyl (C=O) groups is 1. The van der Waals surface area contributed by atoms with E-state index in [0.29, 0.717) is 25.4 Å². The Balaban J connectivity index is 1.48. The van der Waals surface area contributed by atoms with E-state index in [1.54, 1.807) is 12.1 Å². The molecule has 3 rings (SSSR count). The highest BCUT2D eigenvalue weighted by molar-refractivity contribution is 5.71. The molecule has 0 saturated carbocycles.